The molecule has 3 atom stereocenters. The average Bonchev–Trinajstić information content (AvgIpc) is 2.80. The number of halogens is 1. The number of hydrogen-bond donors (Lipinski definition) is 2. The van der Waals surface area contributed by atoms with Gasteiger partial charge in [0.15, 0.2) is 10.8 Å². The number of carbonyl (C=O) groups is 1. The summed E-state index contributed by atoms with van der Waals surface area (Å²) < 4.78 is 11.9. The van der Waals surface area contributed by atoms with Gasteiger partial charge >= 0.3 is 0 Å². The third-order valence-corrected chi connectivity index (χ3v) is 6.68. The van der Waals surface area contributed by atoms with Crippen molar-refractivity contribution in [3.8, 4) is 11.5 Å². The summed E-state index contributed by atoms with van der Waals surface area (Å²) in [5, 5.41) is 7.50. The summed E-state index contributed by atoms with van der Waals surface area (Å²) >= 11 is 11.8. The summed E-state index contributed by atoms with van der Waals surface area (Å²) in [6, 6.07) is 21.9. The first-order valence-corrected chi connectivity index (χ1v) is 11.3. The van der Waals surface area contributed by atoms with Crippen molar-refractivity contribution in [1.29, 1.82) is 0 Å². The van der Waals surface area contributed by atoms with Crippen LogP contribution in [0.25, 0.3) is 0 Å². The largest absolute Gasteiger partial charge is 0.497 e. The van der Waals surface area contributed by atoms with Crippen LogP contribution in [0.15, 0.2) is 72.8 Å². The Labute approximate surface area is 202 Å². The second-order valence-corrected chi connectivity index (χ2v) is 8.95. The van der Waals surface area contributed by atoms with Crippen molar-refractivity contribution in [2.24, 2.45) is 5.92 Å². The van der Waals surface area contributed by atoms with Crippen LogP contribution >= 0.6 is 23.8 Å². The first-order chi connectivity index (χ1) is 15.9. The lowest BCUT2D eigenvalue weighted by molar-refractivity contribution is -0.130. The molecular formula is C25H22ClN3O3S. The zero-order valence-electron chi connectivity index (χ0n) is 18.0. The summed E-state index contributed by atoms with van der Waals surface area (Å²) in [5.74, 6) is 0.642. The molecule has 1 amide bonds. The fourth-order valence-corrected chi connectivity index (χ4v) is 5.14. The third-order valence-electron chi connectivity index (χ3n) is 6.13. The summed E-state index contributed by atoms with van der Waals surface area (Å²) in [5.41, 5.74) is 1.26. The molecule has 168 valence electrons. The van der Waals surface area contributed by atoms with Gasteiger partial charge in [-0.1, -0.05) is 29.8 Å². The molecule has 2 N–H and O–H groups in total. The van der Waals surface area contributed by atoms with Crippen molar-refractivity contribution in [3.63, 3.8) is 0 Å². The zero-order chi connectivity index (χ0) is 23.2. The standard InChI is InChI=1S/C25H22ClN3O3S/c1-25-21(23(30)27-16-9-7-15(26)8-10-16)22(19-5-3-4-6-20(19)32-25)28-24(33)29(25)17-11-13-18(31-2)14-12-17/h3-14,21-22H,1-2H3,(H,27,30)(H,28,33)/t21-,22+,25-/m0/s1. The maximum absolute atomic E-state index is 13.7. The number of nitrogens with zero attached hydrogens (tertiary/aromatic N) is 1. The summed E-state index contributed by atoms with van der Waals surface area (Å²) in [7, 11) is 1.62. The molecule has 2 heterocycles. The third kappa shape index (κ3) is 3.67. The fraction of sp³-hybridized carbons (Fsp3) is 0.200. The minimum Gasteiger partial charge on any atom is -0.497 e. The van der Waals surface area contributed by atoms with Gasteiger partial charge in [-0.3, -0.25) is 9.69 Å². The van der Waals surface area contributed by atoms with Gasteiger partial charge in [0.25, 0.3) is 0 Å². The highest BCUT2D eigenvalue weighted by Crippen LogP contribution is 2.49. The Balaban J connectivity index is 1.59. The molecule has 2 aliphatic rings. The Kier molecular flexibility index (Phi) is 5.38. The molecule has 0 saturated carbocycles. The minimum absolute atomic E-state index is 0.187. The molecule has 0 aliphatic carbocycles. The van der Waals surface area contributed by atoms with Crippen LogP contribution < -0.4 is 25.0 Å². The van der Waals surface area contributed by atoms with Crippen LogP contribution in [0.2, 0.25) is 5.02 Å². The van der Waals surface area contributed by atoms with E-state index >= 15 is 0 Å². The van der Waals surface area contributed by atoms with E-state index < -0.39 is 11.6 Å². The molecule has 2 bridgehead atoms. The van der Waals surface area contributed by atoms with Crippen LogP contribution in [-0.2, 0) is 4.79 Å². The number of hydrogen-bond acceptors (Lipinski definition) is 4. The van der Waals surface area contributed by atoms with E-state index in [0.717, 1.165) is 17.0 Å². The van der Waals surface area contributed by atoms with Crippen molar-refractivity contribution in [3.05, 3.63) is 83.4 Å². The molecule has 1 saturated heterocycles. The molecule has 5 rings (SSSR count). The predicted molar refractivity (Wildman–Crippen MR) is 133 cm³/mol. The van der Waals surface area contributed by atoms with Crippen LogP contribution in [0.4, 0.5) is 11.4 Å². The Hall–Kier alpha value is -3.29. The van der Waals surface area contributed by atoms with E-state index in [4.69, 9.17) is 33.3 Å². The van der Waals surface area contributed by atoms with Crippen molar-refractivity contribution < 1.29 is 14.3 Å². The van der Waals surface area contributed by atoms with Crippen molar-refractivity contribution in [2.45, 2.75) is 18.7 Å². The van der Waals surface area contributed by atoms with E-state index in [9.17, 15) is 4.79 Å². The van der Waals surface area contributed by atoms with Crippen LogP contribution in [-0.4, -0.2) is 23.9 Å². The van der Waals surface area contributed by atoms with Gasteiger partial charge in [-0.25, -0.2) is 0 Å². The Morgan fingerprint density at radius 3 is 2.52 bits per heavy atom. The second-order valence-electron chi connectivity index (χ2n) is 8.13. The first-order valence-electron chi connectivity index (χ1n) is 10.5. The van der Waals surface area contributed by atoms with Gasteiger partial charge in [0, 0.05) is 22.0 Å². The number of methoxy groups -OCH3 is 1. The molecule has 8 heteroatoms. The molecule has 0 aromatic heterocycles. The first kappa shape index (κ1) is 21.6. The van der Waals surface area contributed by atoms with Crippen molar-refractivity contribution in [1.82, 2.24) is 5.32 Å². The molecule has 1 fully saturated rings. The fourth-order valence-electron chi connectivity index (χ4n) is 4.60. The smallest absolute Gasteiger partial charge is 0.236 e. The number of para-hydroxylation sites is 1. The minimum atomic E-state index is -1.08. The highest BCUT2D eigenvalue weighted by molar-refractivity contribution is 7.80. The molecular weight excluding hydrogens is 458 g/mol. The number of carbonyl (C=O) groups excluding carboxylic acids is 1. The van der Waals surface area contributed by atoms with Crippen LogP contribution in [0.5, 0.6) is 11.5 Å². The van der Waals surface area contributed by atoms with Crippen molar-refractivity contribution >= 4 is 46.2 Å². The molecule has 0 unspecified atom stereocenters. The molecule has 0 radical (unpaired) electrons. The maximum atomic E-state index is 13.7. The van der Waals surface area contributed by atoms with E-state index in [1.807, 2.05) is 60.4 Å². The highest BCUT2D eigenvalue weighted by atomic mass is 35.5. The molecule has 33 heavy (non-hydrogen) atoms. The number of anilines is 2. The lowest BCUT2D eigenvalue weighted by Gasteiger charge is -2.56. The van der Waals surface area contributed by atoms with Gasteiger partial charge in [0.05, 0.1) is 13.2 Å². The Bertz CT molecular complexity index is 1220. The van der Waals surface area contributed by atoms with E-state index in [2.05, 4.69) is 10.6 Å². The summed E-state index contributed by atoms with van der Waals surface area (Å²) in [4.78, 5) is 15.6. The number of amides is 1. The number of fused-ring (bicyclic) bond motifs is 4. The number of rotatable bonds is 4. The number of nitrogens with one attached hydrogen (secondary N) is 2. The number of thiocarbonyl (C=S) groups is 1. The van der Waals surface area contributed by atoms with E-state index in [0.29, 0.717) is 21.6 Å². The summed E-state index contributed by atoms with van der Waals surface area (Å²) in [6.07, 6.45) is 0. The van der Waals surface area contributed by atoms with E-state index in [1.54, 1.807) is 31.4 Å². The quantitative estimate of drug-likeness (QED) is 0.505. The van der Waals surface area contributed by atoms with Crippen LogP contribution in [0.1, 0.15) is 18.5 Å². The van der Waals surface area contributed by atoms with Crippen LogP contribution in [0.3, 0.4) is 0 Å². The SMILES string of the molecule is COc1ccc(N2C(=S)N[C@@H]3c4ccccc4O[C@@]2(C)[C@@H]3C(=O)Nc2ccc(Cl)cc2)cc1. The average molecular weight is 480 g/mol. The number of benzene rings is 3. The Morgan fingerprint density at radius 1 is 1.12 bits per heavy atom. The molecule has 2 aliphatic heterocycles. The number of ether oxygens (including phenoxy) is 2. The van der Waals surface area contributed by atoms with Gasteiger partial charge in [-0.05, 0) is 73.7 Å². The van der Waals surface area contributed by atoms with Gasteiger partial charge in [0.2, 0.25) is 5.91 Å². The molecule has 6 nitrogen and oxygen atoms in total. The monoisotopic (exact) mass is 479 g/mol. The maximum Gasteiger partial charge on any atom is 0.236 e. The van der Waals surface area contributed by atoms with Crippen LogP contribution in [0, 0.1) is 5.92 Å². The zero-order valence-corrected chi connectivity index (χ0v) is 19.6. The topological polar surface area (TPSA) is 62.8 Å². The molecule has 3 aromatic carbocycles. The van der Waals surface area contributed by atoms with E-state index in [1.165, 1.54) is 0 Å². The molecule has 0 spiro atoms. The van der Waals surface area contributed by atoms with Gasteiger partial charge in [-0.2, -0.15) is 0 Å². The second kappa shape index (κ2) is 8.24. The molecule has 3 aromatic rings. The lowest BCUT2D eigenvalue weighted by Crippen LogP contribution is -2.72. The van der Waals surface area contributed by atoms with E-state index in [-0.39, 0.29) is 11.9 Å². The van der Waals surface area contributed by atoms with Gasteiger partial charge in [-0.15, -0.1) is 0 Å². The normalized spacial score (nSPS) is 23.1. The Morgan fingerprint density at radius 2 is 1.82 bits per heavy atom. The predicted octanol–water partition coefficient (Wildman–Crippen LogP) is 5.15. The van der Waals surface area contributed by atoms with Gasteiger partial charge < -0.3 is 20.1 Å². The lowest BCUT2D eigenvalue weighted by atomic mass is 9.78. The summed E-state index contributed by atoms with van der Waals surface area (Å²) in [6.45, 7) is 1.90. The highest BCUT2D eigenvalue weighted by Gasteiger charge is 2.59. The van der Waals surface area contributed by atoms with Crippen molar-refractivity contribution in [2.75, 3.05) is 17.3 Å². The van der Waals surface area contributed by atoms with Gasteiger partial charge in [0.1, 0.15) is 17.4 Å².